The predicted molar refractivity (Wildman–Crippen MR) is 73.9 cm³/mol. The maximum atomic E-state index is 11.9. The maximum Gasteiger partial charge on any atom is 0.411 e. The molecule has 0 saturated carbocycles. The fourth-order valence-electron chi connectivity index (χ4n) is 1.58. The first kappa shape index (κ1) is 17.2. The van der Waals surface area contributed by atoms with Gasteiger partial charge >= 0.3 is 6.18 Å². The quantitative estimate of drug-likeness (QED) is 0.762. The van der Waals surface area contributed by atoms with Crippen molar-refractivity contribution < 1.29 is 17.9 Å². The van der Waals surface area contributed by atoms with Crippen LogP contribution in [-0.2, 0) is 17.6 Å². The van der Waals surface area contributed by atoms with E-state index in [0.29, 0.717) is 11.6 Å². The van der Waals surface area contributed by atoms with Crippen LogP contribution in [0.4, 0.5) is 19.0 Å². The van der Waals surface area contributed by atoms with Crippen LogP contribution < -0.4 is 5.32 Å². The molecular weight excluding hydrogens is 339 g/mol. The van der Waals surface area contributed by atoms with Gasteiger partial charge in [-0.15, -0.1) is 0 Å². The van der Waals surface area contributed by atoms with Crippen molar-refractivity contribution in [3.05, 3.63) is 16.0 Å². The van der Waals surface area contributed by atoms with E-state index in [9.17, 15) is 13.2 Å². The molecule has 1 aromatic rings. The average molecular weight is 356 g/mol. The minimum atomic E-state index is -4.30. The van der Waals surface area contributed by atoms with Crippen molar-refractivity contribution in [1.82, 2.24) is 9.97 Å². The summed E-state index contributed by atoms with van der Waals surface area (Å²) in [5, 5.41) is 2.93. The summed E-state index contributed by atoms with van der Waals surface area (Å²) in [6.45, 7) is 0.722. The lowest BCUT2D eigenvalue weighted by molar-refractivity contribution is -0.173. The highest BCUT2D eigenvalue weighted by atomic mass is 79.9. The second kappa shape index (κ2) is 7.78. The molecule has 1 aromatic heterocycles. The molecule has 0 aliphatic heterocycles. The molecule has 1 heterocycles. The summed E-state index contributed by atoms with van der Waals surface area (Å²) in [4.78, 5) is 8.58. The van der Waals surface area contributed by atoms with Crippen molar-refractivity contribution in [2.75, 3.05) is 25.6 Å². The zero-order valence-corrected chi connectivity index (χ0v) is 12.9. The molecule has 0 aromatic carbocycles. The SMILES string of the molecule is CCCc1nc(CCOCC(F)(F)F)nc(NC)c1Br. The number of alkyl halides is 3. The molecule has 114 valence electrons. The van der Waals surface area contributed by atoms with Gasteiger partial charge in [0, 0.05) is 13.5 Å². The van der Waals surface area contributed by atoms with Crippen LogP contribution in [0.1, 0.15) is 24.9 Å². The van der Waals surface area contributed by atoms with Crippen LogP contribution >= 0.6 is 15.9 Å². The second-order valence-corrected chi connectivity index (χ2v) is 4.96. The first-order valence-corrected chi connectivity index (χ1v) is 7.04. The highest BCUT2D eigenvalue weighted by Gasteiger charge is 2.27. The Hall–Kier alpha value is -0.890. The minimum absolute atomic E-state index is 0.0597. The van der Waals surface area contributed by atoms with Crippen molar-refractivity contribution in [1.29, 1.82) is 0 Å². The molecule has 0 aliphatic rings. The largest absolute Gasteiger partial charge is 0.411 e. The summed E-state index contributed by atoms with van der Waals surface area (Å²) in [6.07, 6.45) is -2.37. The van der Waals surface area contributed by atoms with E-state index in [0.717, 1.165) is 23.0 Å². The molecule has 8 heteroatoms. The molecule has 1 rings (SSSR count). The van der Waals surface area contributed by atoms with Gasteiger partial charge in [0.25, 0.3) is 0 Å². The van der Waals surface area contributed by atoms with Crippen LogP contribution in [0.15, 0.2) is 4.47 Å². The van der Waals surface area contributed by atoms with E-state index in [1.54, 1.807) is 7.05 Å². The van der Waals surface area contributed by atoms with Crippen molar-refractivity contribution in [3.63, 3.8) is 0 Å². The van der Waals surface area contributed by atoms with Gasteiger partial charge in [-0.25, -0.2) is 9.97 Å². The van der Waals surface area contributed by atoms with Crippen LogP contribution in [-0.4, -0.2) is 36.4 Å². The van der Waals surface area contributed by atoms with Gasteiger partial charge in [0.05, 0.1) is 16.8 Å². The van der Waals surface area contributed by atoms with E-state index in [4.69, 9.17) is 0 Å². The van der Waals surface area contributed by atoms with E-state index in [1.165, 1.54) is 0 Å². The summed E-state index contributed by atoms with van der Waals surface area (Å²) in [7, 11) is 1.73. The Labute approximate surface area is 124 Å². The third-order valence-corrected chi connectivity index (χ3v) is 3.26. The highest BCUT2D eigenvalue weighted by Crippen LogP contribution is 2.24. The molecule has 1 N–H and O–H groups in total. The summed E-state index contributed by atoms with van der Waals surface area (Å²) in [5.41, 5.74) is 0.845. The number of hydrogen-bond donors (Lipinski definition) is 1. The first-order chi connectivity index (χ1) is 9.37. The number of hydrogen-bond acceptors (Lipinski definition) is 4. The monoisotopic (exact) mass is 355 g/mol. The van der Waals surface area contributed by atoms with Crippen LogP contribution in [0.2, 0.25) is 0 Å². The van der Waals surface area contributed by atoms with Crippen LogP contribution in [0, 0.1) is 0 Å². The fourth-order valence-corrected chi connectivity index (χ4v) is 2.15. The van der Waals surface area contributed by atoms with Crippen LogP contribution in [0.5, 0.6) is 0 Å². The van der Waals surface area contributed by atoms with Crippen molar-refractivity contribution in [3.8, 4) is 0 Å². The molecule has 0 bridgehead atoms. The number of nitrogens with one attached hydrogen (secondary N) is 1. The topological polar surface area (TPSA) is 47.0 Å². The number of rotatable bonds is 7. The molecule has 4 nitrogen and oxygen atoms in total. The van der Waals surface area contributed by atoms with E-state index < -0.39 is 12.8 Å². The van der Waals surface area contributed by atoms with E-state index in [2.05, 4.69) is 36.0 Å². The predicted octanol–water partition coefficient (Wildman–Crippen LogP) is 3.35. The molecule has 20 heavy (non-hydrogen) atoms. The molecule has 0 spiro atoms. The Balaban J connectivity index is 2.67. The van der Waals surface area contributed by atoms with Gasteiger partial charge < -0.3 is 10.1 Å². The summed E-state index contributed by atoms with van der Waals surface area (Å²) < 4.78 is 41.2. The lowest BCUT2D eigenvalue weighted by atomic mass is 10.2. The molecule has 0 unspecified atom stereocenters. The third-order valence-electron chi connectivity index (χ3n) is 2.43. The molecule has 0 radical (unpaired) electrons. The third kappa shape index (κ3) is 5.62. The normalized spacial score (nSPS) is 11.7. The Bertz CT molecular complexity index is 441. The maximum absolute atomic E-state index is 11.9. The number of ether oxygens (including phenoxy) is 1. The van der Waals surface area contributed by atoms with E-state index in [1.807, 2.05) is 6.92 Å². The van der Waals surface area contributed by atoms with Gasteiger partial charge in [-0.2, -0.15) is 13.2 Å². The first-order valence-electron chi connectivity index (χ1n) is 6.25. The molecule has 0 amide bonds. The number of aromatic nitrogens is 2. The standard InChI is InChI=1S/C12H17BrF3N3O/c1-3-4-8-10(13)11(17-2)19-9(18-8)5-6-20-7-12(14,15)16/h3-7H2,1-2H3,(H,17,18,19). The van der Waals surface area contributed by atoms with Gasteiger partial charge in [-0.3, -0.25) is 0 Å². The van der Waals surface area contributed by atoms with Gasteiger partial charge in [-0.05, 0) is 22.4 Å². The second-order valence-electron chi connectivity index (χ2n) is 4.17. The smallest absolute Gasteiger partial charge is 0.372 e. The minimum Gasteiger partial charge on any atom is -0.372 e. The average Bonchev–Trinajstić information content (AvgIpc) is 2.37. The zero-order valence-electron chi connectivity index (χ0n) is 11.4. The molecule has 0 atom stereocenters. The summed E-state index contributed by atoms with van der Waals surface area (Å²) in [6, 6.07) is 0. The Morgan fingerprint density at radius 3 is 2.50 bits per heavy atom. The highest BCUT2D eigenvalue weighted by molar-refractivity contribution is 9.10. The molecule has 0 fully saturated rings. The van der Waals surface area contributed by atoms with Crippen LogP contribution in [0.25, 0.3) is 0 Å². The van der Waals surface area contributed by atoms with Gasteiger partial charge in [-0.1, -0.05) is 13.3 Å². The molecule has 0 saturated heterocycles. The number of nitrogens with zero attached hydrogens (tertiary/aromatic N) is 2. The van der Waals surface area contributed by atoms with Crippen molar-refractivity contribution >= 4 is 21.7 Å². The number of anilines is 1. The Morgan fingerprint density at radius 1 is 1.25 bits per heavy atom. The van der Waals surface area contributed by atoms with Crippen LogP contribution in [0.3, 0.4) is 0 Å². The number of aryl methyl sites for hydroxylation is 1. The van der Waals surface area contributed by atoms with Gasteiger partial charge in [0.15, 0.2) is 0 Å². The summed E-state index contributed by atoms with van der Waals surface area (Å²) in [5.74, 6) is 1.11. The summed E-state index contributed by atoms with van der Waals surface area (Å²) >= 11 is 3.42. The van der Waals surface area contributed by atoms with Crippen molar-refractivity contribution in [2.45, 2.75) is 32.4 Å². The zero-order chi connectivity index (χ0) is 15.2. The van der Waals surface area contributed by atoms with Gasteiger partial charge in [0.1, 0.15) is 18.2 Å². The molecular formula is C12H17BrF3N3O. The van der Waals surface area contributed by atoms with Crippen molar-refractivity contribution in [2.24, 2.45) is 0 Å². The van der Waals surface area contributed by atoms with Gasteiger partial charge in [0.2, 0.25) is 0 Å². The van der Waals surface area contributed by atoms with E-state index in [-0.39, 0.29) is 13.0 Å². The number of halogens is 4. The fraction of sp³-hybridized carbons (Fsp3) is 0.667. The molecule has 0 aliphatic carbocycles. The Kier molecular flexibility index (Phi) is 6.67. The lowest BCUT2D eigenvalue weighted by Gasteiger charge is -2.11. The Morgan fingerprint density at radius 2 is 1.95 bits per heavy atom. The lowest BCUT2D eigenvalue weighted by Crippen LogP contribution is -2.18. The van der Waals surface area contributed by atoms with E-state index >= 15 is 0 Å².